The van der Waals surface area contributed by atoms with E-state index in [1.54, 1.807) is 26.4 Å². The van der Waals surface area contributed by atoms with Gasteiger partial charge in [-0.3, -0.25) is 4.79 Å². The number of hydrogen-bond acceptors (Lipinski definition) is 5. The van der Waals surface area contributed by atoms with Crippen LogP contribution in [0, 0.1) is 25.2 Å². The van der Waals surface area contributed by atoms with Crippen LogP contribution < -0.4 is 20.1 Å². The third-order valence-electron chi connectivity index (χ3n) is 4.51. The number of carbonyl (C=O) groups is 1. The molecule has 0 fully saturated rings. The van der Waals surface area contributed by atoms with Crippen molar-refractivity contribution in [3.05, 3.63) is 64.9 Å². The summed E-state index contributed by atoms with van der Waals surface area (Å²) < 4.78 is 10.5. The van der Waals surface area contributed by atoms with Gasteiger partial charge in [-0.15, -0.1) is 0 Å². The van der Waals surface area contributed by atoms with Crippen molar-refractivity contribution in [2.45, 2.75) is 26.8 Å². The average Bonchev–Trinajstić information content (AvgIpc) is 2.70. The van der Waals surface area contributed by atoms with Gasteiger partial charge in [0.15, 0.2) is 11.5 Å². The molecular weight excluding hydrogens is 354 g/mol. The summed E-state index contributed by atoms with van der Waals surface area (Å²) in [6.07, 6.45) is 1.42. The largest absolute Gasteiger partial charge is 0.493 e. The minimum atomic E-state index is -0.457. The lowest BCUT2D eigenvalue weighted by atomic mass is 10.1. The molecule has 2 aromatic rings. The minimum absolute atomic E-state index is 0.00875. The van der Waals surface area contributed by atoms with Crippen LogP contribution in [0.1, 0.15) is 29.7 Å². The van der Waals surface area contributed by atoms with E-state index < -0.39 is 5.91 Å². The molecule has 1 amide bonds. The lowest BCUT2D eigenvalue weighted by molar-refractivity contribution is -0.117. The Morgan fingerprint density at radius 1 is 1.07 bits per heavy atom. The molecule has 0 radical (unpaired) electrons. The van der Waals surface area contributed by atoms with Gasteiger partial charge in [0.25, 0.3) is 5.91 Å². The smallest absolute Gasteiger partial charge is 0.263 e. The zero-order chi connectivity index (χ0) is 20.7. The zero-order valence-corrected chi connectivity index (χ0v) is 16.8. The Morgan fingerprint density at radius 2 is 1.79 bits per heavy atom. The molecule has 2 rings (SSSR count). The van der Waals surface area contributed by atoms with E-state index in [1.165, 1.54) is 11.8 Å². The lowest BCUT2D eigenvalue weighted by Crippen LogP contribution is -2.28. The number of ether oxygens (including phenoxy) is 2. The number of nitrogens with zero attached hydrogens (tertiary/aromatic N) is 1. The summed E-state index contributed by atoms with van der Waals surface area (Å²) in [4.78, 5) is 12.5. The van der Waals surface area contributed by atoms with Gasteiger partial charge in [-0.1, -0.05) is 12.1 Å². The minimum Gasteiger partial charge on any atom is -0.493 e. The van der Waals surface area contributed by atoms with Crippen molar-refractivity contribution in [1.82, 2.24) is 5.32 Å². The molecule has 0 aliphatic carbocycles. The quantitative estimate of drug-likeness (QED) is 0.561. The summed E-state index contributed by atoms with van der Waals surface area (Å²) in [7, 11) is 3.12. The van der Waals surface area contributed by atoms with E-state index in [-0.39, 0.29) is 11.6 Å². The summed E-state index contributed by atoms with van der Waals surface area (Å²) in [6, 6.07) is 12.9. The number of hydrogen-bond donors (Lipinski definition) is 2. The zero-order valence-electron chi connectivity index (χ0n) is 16.8. The van der Waals surface area contributed by atoms with Gasteiger partial charge in [0, 0.05) is 11.9 Å². The Labute approximate surface area is 165 Å². The van der Waals surface area contributed by atoms with Gasteiger partial charge in [-0.25, -0.2) is 0 Å². The standard InChI is InChI=1S/C22H25N3O3/c1-14-6-8-19(10-15(14)2)24-13-18(12-23)22(26)25-16(3)17-7-9-20(27-4)21(11-17)28-5/h6-11,13,16,24H,1-5H3,(H,25,26)/b18-13-. The molecule has 2 aromatic carbocycles. The second-order valence-electron chi connectivity index (χ2n) is 6.42. The van der Waals surface area contributed by atoms with Crippen LogP contribution in [0.5, 0.6) is 11.5 Å². The van der Waals surface area contributed by atoms with Crippen LogP contribution in [0.25, 0.3) is 0 Å². The molecule has 0 heterocycles. The molecule has 1 unspecified atom stereocenters. The first kappa shape index (κ1) is 20.8. The molecule has 6 nitrogen and oxygen atoms in total. The van der Waals surface area contributed by atoms with Crippen LogP contribution in [-0.2, 0) is 4.79 Å². The molecular formula is C22H25N3O3. The van der Waals surface area contributed by atoms with E-state index in [0.29, 0.717) is 11.5 Å². The molecule has 0 saturated carbocycles. The highest BCUT2D eigenvalue weighted by atomic mass is 16.5. The number of nitriles is 1. The molecule has 0 aromatic heterocycles. The molecule has 0 aliphatic heterocycles. The van der Waals surface area contributed by atoms with E-state index in [4.69, 9.17) is 9.47 Å². The van der Waals surface area contributed by atoms with E-state index in [1.807, 2.05) is 51.1 Å². The predicted octanol–water partition coefficient (Wildman–Crippen LogP) is 4.02. The normalized spacial score (nSPS) is 11.9. The lowest BCUT2D eigenvalue weighted by Gasteiger charge is -2.16. The van der Waals surface area contributed by atoms with Crippen LogP contribution in [0.4, 0.5) is 5.69 Å². The molecule has 146 valence electrons. The average molecular weight is 379 g/mol. The number of benzene rings is 2. The van der Waals surface area contributed by atoms with Crippen LogP contribution >= 0.6 is 0 Å². The van der Waals surface area contributed by atoms with E-state index >= 15 is 0 Å². The van der Waals surface area contributed by atoms with Crippen LogP contribution in [0.2, 0.25) is 0 Å². The fourth-order valence-electron chi connectivity index (χ4n) is 2.62. The van der Waals surface area contributed by atoms with E-state index in [0.717, 1.165) is 16.8 Å². The Morgan fingerprint density at radius 3 is 2.39 bits per heavy atom. The maximum Gasteiger partial charge on any atom is 0.263 e. The first-order valence-electron chi connectivity index (χ1n) is 8.86. The number of methoxy groups -OCH3 is 2. The van der Waals surface area contributed by atoms with Gasteiger partial charge >= 0.3 is 0 Å². The number of nitrogens with one attached hydrogen (secondary N) is 2. The van der Waals surface area contributed by atoms with Gasteiger partial charge in [-0.2, -0.15) is 5.26 Å². The Bertz CT molecular complexity index is 929. The van der Waals surface area contributed by atoms with Gasteiger partial charge in [0.2, 0.25) is 0 Å². The fraction of sp³-hybridized carbons (Fsp3) is 0.273. The molecule has 0 bridgehead atoms. The molecule has 28 heavy (non-hydrogen) atoms. The number of carbonyl (C=O) groups excluding carboxylic acids is 1. The third-order valence-corrected chi connectivity index (χ3v) is 4.51. The Hall–Kier alpha value is -3.46. The molecule has 0 spiro atoms. The van der Waals surface area contributed by atoms with Crippen molar-refractivity contribution in [3.8, 4) is 17.6 Å². The molecule has 2 N–H and O–H groups in total. The Kier molecular flexibility index (Phi) is 7.05. The number of anilines is 1. The molecule has 1 atom stereocenters. The maximum absolute atomic E-state index is 12.5. The van der Waals surface area contributed by atoms with Crippen molar-refractivity contribution < 1.29 is 14.3 Å². The van der Waals surface area contributed by atoms with E-state index in [2.05, 4.69) is 10.6 Å². The van der Waals surface area contributed by atoms with E-state index in [9.17, 15) is 10.1 Å². The molecule has 0 saturated heterocycles. The van der Waals surface area contributed by atoms with Crippen molar-refractivity contribution in [3.63, 3.8) is 0 Å². The van der Waals surface area contributed by atoms with Gasteiger partial charge in [0.05, 0.1) is 20.3 Å². The van der Waals surface area contributed by atoms with Gasteiger partial charge < -0.3 is 20.1 Å². The van der Waals surface area contributed by atoms with Gasteiger partial charge in [0.1, 0.15) is 11.6 Å². The first-order valence-corrected chi connectivity index (χ1v) is 8.86. The summed E-state index contributed by atoms with van der Waals surface area (Å²) in [5.74, 6) is 0.731. The van der Waals surface area contributed by atoms with Gasteiger partial charge in [-0.05, 0) is 61.7 Å². The number of amides is 1. The van der Waals surface area contributed by atoms with Crippen molar-refractivity contribution >= 4 is 11.6 Å². The van der Waals surface area contributed by atoms with Crippen LogP contribution in [-0.4, -0.2) is 20.1 Å². The summed E-state index contributed by atoms with van der Waals surface area (Å²) in [5.41, 5.74) is 3.95. The number of rotatable bonds is 7. The molecule has 6 heteroatoms. The van der Waals surface area contributed by atoms with Crippen LogP contribution in [0.15, 0.2) is 48.2 Å². The number of aryl methyl sites for hydroxylation is 2. The maximum atomic E-state index is 12.5. The SMILES string of the molecule is COc1ccc(C(C)NC(=O)/C(C#N)=C\Nc2ccc(C)c(C)c2)cc1OC. The first-order chi connectivity index (χ1) is 13.4. The van der Waals surface area contributed by atoms with Crippen LogP contribution in [0.3, 0.4) is 0 Å². The highest BCUT2D eigenvalue weighted by Gasteiger charge is 2.15. The molecule has 0 aliphatic rings. The monoisotopic (exact) mass is 379 g/mol. The second kappa shape index (κ2) is 9.47. The Balaban J connectivity index is 2.10. The third kappa shape index (κ3) is 5.04. The second-order valence-corrected chi connectivity index (χ2v) is 6.42. The van der Waals surface area contributed by atoms with Crippen molar-refractivity contribution in [1.29, 1.82) is 5.26 Å². The van der Waals surface area contributed by atoms with Crippen molar-refractivity contribution in [2.75, 3.05) is 19.5 Å². The predicted molar refractivity (Wildman–Crippen MR) is 109 cm³/mol. The summed E-state index contributed by atoms with van der Waals surface area (Å²) in [5, 5.41) is 15.2. The topological polar surface area (TPSA) is 83.4 Å². The summed E-state index contributed by atoms with van der Waals surface area (Å²) in [6.45, 7) is 5.87. The fourth-order valence-corrected chi connectivity index (χ4v) is 2.62. The summed E-state index contributed by atoms with van der Waals surface area (Å²) >= 11 is 0. The highest BCUT2D eigenvalue weighted by Crippen LogP contribution is 2.29. The van der Waals surface area contributed by atoms with Crippen molar-refractivity contribution in [2.24, 2.45) is 0 Å². The highest BCUT2D eigenvalue weighted by molar-refractivity contribution is 5.97.